The van der Waals surface area contributed by atoms with Crippen molar-refractivity contribution < 1.29 is 9.90 Å². The summed E-state index contributed by atoms with van der Waals surface area (Å²) in [6, 6.07) is -0.129. The van der Waals surface area contributed by atoms with Crippen LogP contribution >= 0.6 is 22.6 Å². The molecule has 0 unspecified atom stereocenters. The maximum absolute atomic E-state index is 11.4. The van der Waals surface area contributed by atoms with Gasteiger partial charge >= 0.3 is 0 Å². The van der Waals surface area contributed by atoms with E-state index in [2.05, 4.69) is 33.0 Å². The lowest BCUT2D eigenvalue weighted by molar-refractivity contribution is 0.0887. The largest absolute Gasteiger partial charge is 0.394 e. The second-order valence-corrected chi connectivity index (χ2v) is 3.99. The van der Waals surface area contributed by atoms with Crippen molar-refractivity contribution in [3.63, 3.8) is 0 Å². The lowest BCUT2D eigenvalue weighted by Gasteiger charge is -2.23. The van der Waals surface area contributed by atoms with Crippen molar-refractivity contribution in [2.45, 2.75) is 6.04 Å². The predicted molar refractivity (Wildman–Crippen MR) is 53.4 cm³/mol. The van der Waals surface area contributed by atoms with Crippen LogP contribution in [-0.4, -0.2) is 33.9 Å². The van der Waals surface area contributed by atoms with Gasteiger partial charge in [0.25, 0.3) is 5.91 Å². The molecule has 5 nitrogen and oxygen atoms in total. The lowest BCUT2D eigenvalue weighted by Crippen LogP contribution is -2.41. The van der Waals surface area contributed by atoms with Crippen LogP contribution in [0.15, 0.2) is 6.20 Å². The van der Waals surface area contributed by atoms with E-state index in [0.29, 0.717) is 12.2 Å². The number of aliphatic hydroxyl groups is 1. The second-order valence-electron chi connectivity index (χ2n) is 2.83. The molecule has 0 aromatic carbocycles. The average molecular weight is 293 g/mol. The second kappa shape index (κ2) is 3.26. The lowest BCUT2D eigenvalue weighted by atomic mass is 10.2. The molecule has 2 heterocycles. The summed E-state index contributed by atoms with van der Waals surface area (Å²) in [5.74, 6) is -0.119. The van der Waals surface area contributed by atoms with E-state index >= 15 is 0 Å². The summed E-state index contributed by atoms with van der Waals surface area (Å²) in [5, 5.41) is 15.8. The molecule has 0 radical (unpaired) electrons. The SMILES string of the molecule is O=C1NC[C@H](CO)n2ncc(I)c21. The number of carbonyl (C=O) groups is 1. The van der Waals surface area contributed by atoms with Crippen LogP contribution in [0.4, 0.5) is 0 Å². The zero-order valence-electron chi connectivity index (χ0n) is 6.70. The van der Waals surface area contributed by atoms with E-state index in [0.717, 1.165) is 3.57 Å². The molecule has 0 saturated heterocycles. The zero-order chi connectivity index (χ0) is 9.42. The Balaban J connectivity index is 2.50. The molecule has 1 amide bonds. The first kappa shape index (κ1) is 8.95. The molecule has 0 aliphatic carbocycles. The molecule has 13 heavy (non-hydrogen) atoms. The van der Waals surface area contributed by atoms with Gasteiger partial charge in [-0.3, -0.25) is 9.48 Å². The third-order valence-electron chi connectivity index (χ3n) is 2.02. The summed E-state index contributed by atoms with van der Waals surface area (Å²) < 4.78 is 2.40. The van der Waals surface area contributed by atoms with Crippen molar-refractivity contribution in [3.05, 3.63) is 15.5 Å². The predicted octanol–water partition coefficient (Wildman–Crippen LogP) is -0.235. The van der Waals surface area contributed by atoms with Crippen LogP contribution in [0.25, 0.3) is 0 Å². The monoisotopic (exact) mass is 293 g/mol. The molecule has 0 spiro atoms. The Kier molecular flexibility index (Phi) is 2.24. The van der Waals surface area contributed by atoms with Crippen LogP contribution in [-0.2, 0) is 0 Å². The molecule has 1 atom stereocenters. The Bertz CT molecular complexity index is 350. The Morgan fingerprint density at radius 1 is 1.85 bits per heavy atom. The number of amides is 1. The van der Waals surface area contributed by atoms with Crippen LogP contribution in [0, 0.1) is 3.57 Å². The van der Waals surface area contributed by atoms with Crippen molar-refractivity contribution in [2.24, 2.45) is 0 Å². The first-order chi connectivity index (χ1) is 6.24. The van der Waals surface area contributed by atoms with E-state index in [-0.39, 0.29) is 18.6 Å². The van der Waals surface area contributed by atoms with Crippen molar-refractivity contribution in [1.29, 1.82) is 0 Å². The number of hydrogen-bond donors (Lipinski definition) is 2. The minimum atomic E-state index is -0.129. The molecular formula is C7H8IN3O2. The minimum absolute atomic E-state index is 0.00889. The van der Waals surface area contributed by atoms with E-state index in [4.69, 9.17) is 5.11 Å². The zero-order valence-corrected chi connectivity index (χ0v) is 8.85. The van der Waals surface area contributed by atoms with Crippen LogP contribution in [0.5, 0.6) is 0 Å². The van der Waals surface area contributed by atoms with E-state index in [1.807, 2.05) is 0 Å². The first-order valence-corrected chi connectivity index (χ1v) is 4.94. The van der Waals surface area contributed by atoms with Gasteiger partial charge in [0.2, 0.25) is 0 Å². The molecule has 2 N–H and O–H groups in total. The van der Waals surface area contributed by atoms with Crippen molar-refractivity contribution in [2.75, 3.05) is 13.2 Å². The van der Waals surface area contributed by atoms with Crippen LogP contribution < -0.4 is 5.32 Å². The fraction of sp³-hybridized carbons (Fsp3) is 0.429. The van der Waals surface area contributed by atoms with Gasteiger partial charge in [-0.15, -0.1) is 0 Å². The number of halogens is 1. The van der Waals surface area contributed by atoms with Crippen LogP contribution in [0.3, 0.4) is 0 Å². The quantitative estimate of drug-likeness (QED) is 0.703. The Morgan fingerprint density at radius 3 is 3.31 bits per heavy atom. The van der Waals surface area contributed by atoms with Crippen molar-refractivity contribution in [3.8, 4) is 0 Å². The molecule has 1 aliphatic rings. The van der Waals surface area contributed by atoms with Crippen molar-refractivity contribution >= 4 is 28.5 Å². The molecule has 6 heteroatoms. The van der Waals surface area contributed by atoms with E-state index in [1.54, 1.807) is 10.9 Å². The summed E-state index contributed by atoms with van der Waals surface area (Å²) in [6.07, 6.45) is 1.63. The average Bonchev–Trinajstić information content (AvgIpc) is 2.50. The Morgan fingerprint density at radius 2 is 2.62 bits per heavy atom. The molecule has 0 saturated carbocycles. The molecule has 1 aromatic heterocycles. The van der Waals surface area contributed by atoms with Gasteiger partial charge in [0.15, 0.2) is 0 Å². The number of aliphatic hydroxyl groups excluding tert-OH is 1. The van der Waals surface area contributed by atoms with Gasteiger partial charge in [-0.1, -0.05) is 0 Å². The fourth-order valence-corrected chi connectivity index (χ4v) is 1.97. The highest BCUT2D eigenvalue weighted by molar-refractivity contribution is 14.1. The minimum Gasteiger partial charge on any atom is -0.394 e. The number of fused-ring (bicyclic) bond motifs is 1. The summed E-state index contributed by atoms with van der Waals surface area (Å²) in [7, 11) is 0. The number of hydrogen-bond acceptors (Lipinski definition) is 3. The highest BCUT2D eigenvalue weighted by atomic mass is 127. The van der Waals surface area contributed by atoms with Gasteiger partial charge in [-0.2, -0.15) is 5.10 Å². The van der Waals surface area contributed by atoms with Crippen LogP contribution in [0.1, 0.15) is 16.5 Å². The Hall–Kier alpha value is -0.630. The number of rotatable bonds is 1. The van der Waals surface area contributed by atoms with Gasteiger partial charge in [-0.05, 0) is 22.6 Å². The molecular weight excluding hydrogens is 285 g/mol. The maximum atomic E-state index is 11.4. The summed E-state index contributed by atoms with van der Waals surface area (Å²) in [5.41, 5.74) is 0.547. The van der Waals surface area contributed by atoms with Gasteiger partial charge in [-0.25, -0.2) is 0 Å². The maximum Gasteiger partial charge on any atom is 0.270 e. The van der Waals surface area contributed by atoms with Gasteiger partial charge in [0, 0.05) is 6.54 Å². The van der Waals surface area contributed by atoms with E-state index < -0.39 is 0 Å². The first-order valence-electron chi connectivity index (χ1n) is 3.86. The highest BCUT2D eigenvalue weighted by Gasteiger charge is 2.27. The van der Waals surface area contributed by atoms with Gasteiger partial charge in [0.05, 0.1) is 22.4 Å². The third-order valence-corrected chi connectivity index (χ3v) is 2.81. The number of carbonyl (C=O) groups excluding carboxylic acids is 1. The number of nitrogens with zero attached hydrogens (tertiary/aromatic N) is 2. The number of nitrogens with one attached hydrogen (secondary N) is 1. The van der Waals surface area contributed by atoms with Crippen molar-refractivity contribution in [1.82, 2.24) is 15.1 Å². The molecule has 1 aromatic rings. The fourth-order valence-electron chi connectivity index (χ4n) is 1.35. The highest BCUT2D eigenvalue weighted by Crippen LogP contribution is 2.19. The Labute approximate surface area is 88.3 Å². The van der Waals surface area contributed by atoms with E-state index in [1.165, 1.54) is 0 Å². The molecule has 2 rings (SSSR count). The number of aromatic nitrogens is 2. The third kappa shape index (κ3) is 1.33. The summed E-state index contributed by atoms with van der Waals surface area (Å²) in [4.78, 5) is 11.4. The van der Waals surface area contributed by atoms with E-state index in [9.17, 15) is 4.79 Å². The molecule has 1 aliphatic heterocycles. The molecule has 70 valence electrons. The smallest absolute Gasteiger partial charge is 0.270 e. The summed E-state index contributed by atoms with van der Waals surface area (Å²) in [6.45, 7) is 0.436. The topological polar surface area (TPSA) is 67.2 Å². The standard InChI is InChI=1S/C7H8IN3O2/c8-5-2-10-11-4(3-12)1-9-7(13)6(5)11/h2,4,12H,1,3H2,(H,9,13)/t4-/m1/s1. The molecule has 0 fully saturated rings. The van der Waals surface area contributed by atoms with Gasteiger partial charge in [0.1, 0.15) is 5.69 Å². The van der Waals surface area contributed by atoms with Gasteiger partial charge < -0.3 is 10.4 Å². The molecule has 0 bridgehead atoms. The normalized spacial score (nSPS) is 21.1. The summed E-state index contributed by atoms with van der Waals surface area (Å²) >= 11 is 2.05. The van der Waals surface area contributed by atoms with Crippen LogP contribution in [0.2, 0.25) is 0 Å².